The van der Waals surface area contributed by atoms with E-state index in [9.17, 15) is 19.2 Å². The topological polar surface area (TPSA) is 154 Å². The largest absolute Gasteiger partial charge is 0.465 e. The number of nitrogens with zero attached hydrogens (tertiary/aromatic N) is 4. The molecule has 170 valence electrons. The van der Waals surface area contributed by atoms with Crippen molar-refractivity contribution in [1.29, 1.82) is 0 Å². The quantitative estimate of drug-likeness (QED) is 0.480. The van der Waals surface area contributed by atoms with Crippen LogP contribution in [0.3, 0.4) is 0 Å². The van der Waals surface area contributed by atoms with Crippen molar-refractivity contribution < 1.29 is 28.7 Å². The van der Waals surface area contributed by atoms with Crippen LogP contribution in [0.4, 0.5) is 11.4 Å². The molecule has 3 aromatic rings. The summed E-state index contributed by atoms with van der Waals surface area (Å²) in [4.78, 5) is 48.7. The van der Waals surface area contributed by atoms with Crippen LogP contribution < -0.4 is 10.6 Å². The van der Waals surface area contributed by atoms with Gasteiger partial charge in [-0.3, -0.25) is 9.59 Å². The Kier molecular flexibility index (Phi) is 7.42. The number of hydrogen-bond donors (Lipinski definition) is 2. The highest BCUT2D eigenvalue weighted by Crippen LogP contribution is 2.19. The number of aromatic nitrogens is 4. The van der Waals surface area contributed by atoms with Crippen LogP contribution >= 0.6 is 0 Å². The summed E-state index contributed by atoms with van der Waals surface area (Å²) in [6, 6.07) is 10.9. The first kappa shape index (κ1) is 23.1. The van der Waals surface area contributed by atoms with E-state index < -0.39 is 30.4 Å². The van der Waals surface area contributed by atoms with Gasteiger partial charge in [0.15, 0.2) is 6.61 Å². The van der Waals surface area contributed by atoms with E-state index in [-0.39, 0.29) is 23.4 Å². The van der Waals surface area contributed by atoms with E-state index in [1.165, 1.54) is 36.3 Å². The number of carbonyl (C=O) groups is 4. The summed E-state index contributed by atoms with van der Waals surface area (Å²) in [6.07, 6.45) is 1.28. The van der Waals surface area contributed by atoms with Gasteiger partial charge in [0.05, 0.1) is 23.9 Å². The number of esters is 2. The fraction of sp³-hybridized carbons (Fsp3) is 0.190. The number of anilines is 2. The maximum Gasteiger partial charge on any atom is 0.340 e. The van der Waals surface area contributed by atoms with Crippen molar-refractivity contribution in [3.05, 3.63) is 65.5 Å². The molecule has 0 aliphatic heterocycles. The van der Waals surface area contributed by atoms with Crippen molar-refractivity contribution in [3.8, 4) is 0 Å². The van der Waals surface area contributed by atoms with Crippen molar-refractivity contribution in [3.63, 3.8) is 0 Å². The first-order chi connectivity index (χ1) is 15.9. The smallest absolute Gasteiger partial charge is 0.340 e. The van der Waals surface area contributed by atoms with Crippen LogP contribution in [0.2, 0.25) is 0 Å². The van der Waals surface area contributed by atoms with Gasteiger partial charge in [-0.05, 0) is 47.2 Å². The number of hydrogen-bond acceptors (Lipinski definition) is 9. The second kappa shape index (κ2) is 10.6. The Morgan fingerprint density at radius 1 is 0.970 bits per heavy atom. The molecule has 0 fully saturated rings. The number of ether oxygens (including phenoxy) is 2. The Bertz CT molecular complexity index is 1180. The Morgan fingerprint density at radius 3 is 2.45 bits per heavy atom. The van der Waals surface area contributed by atoms with Crippen molar-refractivity contribution in [1.82, 2.24) is 20.2 Å². The van der Waals surface area contributed by atoms with Crippen LogP contribution in [0.25, 0.3) is 0 Å². The molecule has 1 aromatic heterocycles. The maximum absolute atomic E-state index is 12.5. The predicted octanol–water partition coefficient (Wildman–Crippen LogP) is 1.20. The molecule has 0 saturated carbocycles. The number of aryl methyl sites for hydroxylation is 1. The van der Waals surface area contributed by atoms with Gasteiger partial charge >= 0.3 is 11.9 Å². The van der Waals surface area contributed by atoms with E-state index in [4.69, 9.17) is 4.74 Å². The molecule has 0 saturated heterocycles. The molecule has 0 aliphatic rings. The number of rotatable bonds is 8. The lowest BCUT2D eigenvalue weighted by atomic mass is 10.1. The molecule has 2 amide bonds. The third-order valence-electron chi connectivity index (χ3n) is 4.39. The fourth-order valence-electron chi connectivity index (χ4n) is 2.76. The summed E-state index contributed by atoms with van der Waals surface area (Å²) in [5, 5.41) is 15.7. The van der Waals surface area contributed by atoms with Gasteiger partial charge in [0.2, 0.25) is 5.91 Å². The van der Waals surface area contributed by atoms with Gasteiger partial charge in [-0.1, -0.05) is 18.2 Å². The number of nitrogens with one attached hydrogen (secondary N) is 2. The minimum absolute atomic E-state index is 0.0687. The number of methoxy groups -OCH3 is 1. The predicted molar refractivity (Wildman–Crippen MR) is 114 cm³/mol. The van der Waals surface area contributed by atoms with Gasteiger partial charge in [-0.25, -0.2) is 14.3 Å². The molecular weight excluding hydrogens is 432 g/mol. The van der Waals surface area contributed by atoms with Crippen LogP contribution in [0.1, 0.15) is 26.3 Å². The van der Waals surface area contributed by atoms with Crippen molar-refractivity contribution in [2.75, 3.05) is 24.4 Å². The number of carbonyl (C=O) groups excluding carboxylic acids is 4. The van der Waals surface area contributed by atoms with Crippen molar-refractivity contribution >= 4 is 35.1 Å². The molecule has 0 bridgehead atoms. The van der Waals surface area contributed by atoms with Crippen LogP contribution in [0, 0.1) is 6.92 Å². The SMILES string of the molecule is COC(=O)c1ccc(C)c(NC(=O)COC(=O)c2ccccc2NC(=O)Cn2cnnn2)c1. The average molecular weight is 452 g/mol. The van der Waals surface area contributed by atoms with E-state index in [1.54, 1.807) is 31.2 Å². The van der Waals surface area contributed by atoms with Crippen LogP contribution in [0.15, 0.2) is 48.8 Å². The first-order valence-electron chi connectivity index (χ1n) is 9.63. The lowest BCUT2D eigenvalue weighted by Gasteiger charge is -2.12. The molecule has 0 unspecified atom stereocenters. The monoisotopic (exact) mass is 452 g/mol. The Labute approximate surface area is 187 Å². The second-order valence-corrected chi connectivity index (χ2v) is 6.75. The van der Waals surface area contributed by atoms with Crippen LogP contribution in [-0.2, 0) is 25.6 Å². The third-order valence-corrected chi connectivity index (χ3v) is 4.39. The molecule has 0 aliphatic carbocycles. The molecule has 2 N–H and O–H groups in total. The second-order valence-electron chi connectivity index (χ2n) is 6.75. The number of para-hydroxylation sites is 1. The molecule has 0 spiro atoms. The van der Waals surface area contributed by atoms with E-state index in [2.05, 4.69) is 30.9 Å². The van der Waals surface area contributed by atoms with Gasteiger partial charge in [0, 0.05) is 5.69 Å². The average Bonchev–Trinajstić information content (AvgIpc) is 3.31. The Hall–Kier alpha value is -4.61. The molecule has 0 radical (unpaired) electrons. The number of benzene rings is 2. The minimum Gasteiger partial charge on any atom is -0.465 e. The van der Waals surface area contributed by atoms with E-state index >= 15 is 0 Å². The maximum atomic E-state index is 12.5. The molecule has 12 nitrogen and oxygen atoms in total. The Morgan fingerprint density at radius 2 is 1.73 bits per heavy atom. The summed E-state index contributed by atoms with van der Waals surface area (Å²) >= 11 is 0. The molecule has 12 heteroatoms. The zero-order chi connectivity index (χ0) is 23.8. The number of amides is 2. The van der Waals surface area contributed by atoms with Gasteiger partial charge in [0.1, 0.15) is 12.9 Å². The molecule has 33 heavy (non-hydrogen) atoms. The van der Waals surface area contributed by atoms with E-state index in [0.29, 0.717) is 11.3 Å². The molecule has 1 heterocycles. The minimum atomic E-state index is -0.802. The summed E-state index contributed by atoms with van der Waals surface area (Å²) in [6.45, 7) is 1.02. The highest BCUT2D eigenvalue weighted by Gasteiger charge is 2.17. The molecule has 3 rings (SSSR count). The number of tetrazole rings is 1. The van der Waals surface area contributed by atoms with Crippen molar-refractivity contribution in [2.24, 2.45) is 0 Å². The zero-order valence-corrected chi connectivity index (χ0v) is 17.8. The van der Waals surface area contributed by atoms with Crippen LogP contribution in [0.5, 0.6) is 0 Å². The van der Waals surface area contributed by atoms with Crippen LogP contribution in [-0.4, -0.2) is 57.7 Å². The lowest BCUT2D eigenvalue weighted by molar-refractivity contribution is -0.119. The van der Waals surface area contributed by atoms with E-state index in [0.717, 1.165) is 0 Å². The van der Waals surface area contributed by atoms with E-state index in [1.807, 2.05) is 0 Å². The standard InChI is InChI=1S/C21H20N6O6/c1-13-7-8-14(20(30)32-2)9-17(13)24-19(29)11-33-21(31)15-5-3-4-6-16(15)23-18(28)10-27-12-22-25-26-27/h3-9,12H,10-11H2,1-2H3,(H,23,28)(H,24,29). The van der Waals surface area contributed by atoms with Gasteiger partial charge in [-0.15, -0.1) is 5.10 Å². The summed E-state index contributed by atoms with van der Waals surface area (Å²) in [5.74, 6) is -2.41. The summed E-state index contributed by atoms with van der Waals surface area (Å²) in [5.41, 5.74) is 1.63. The summed E-state index contributed by atoms with van der Waals surface area (Å²) in [7, 11) is 1.26. The van der Waals surface area contributed by atoms with Gasteiger partial charge in [0.25, 0.3) is 5.91 Å². The third kappa shape index (κ3) is 6.19. The van der Waals surface area contributed by atoms with Gasteiger partial charge in [-0.2, -0.15) is 0 Å². The highest BCUT2D eigenvalue weighted by atomic mass is 16.5. The zero-order valence-electron chi connectivity index (χ0n) is 17.8. The van der Waals surface area contributed by atoms with Crippen molar-refractivity contribution in [2.45, 2.75) is 13.5 Å². The van der Waals surface area contributed by atoms with Gasteiger partial charge < -0.3 is 20.1 Å². The normalized spacial score (nSPS) is 10.2. The molecular formula is C21H20N6O6. The summed E-state index contributed by atoms with van der Waals surface area (Å²) < 4.78 is 11.0. The fourth-order valence-corrected chi connectivity index (χ4v) is 2.76. The highest BCUT2D eigenvalue weighted by molar-refractivity contribution is 6.02. The molecule has 2 aromatic carbocycles. The lowest BCUT2D eigenvalue weighted by Crippen LogP contribution is -2.23. The Balaban J connectivity index is 1.60. The molecule has 0 atom stereocenters. The first-order valence-corrected chi connectivity index (χ1v) is 9.63.